The van der Waals surface area contributed by atoms with Crippen molar-refractivity contribution in [2.45, 2.75) is 13.8 Å². The zero-order valence-corrected chi connectivity index (χ0v) is 8.11. The van der Waals surface area contributed by atoms with Crippen LogP contribution in [-0.2, 0) is 0 Å². The van der Waals surface area contributed by atoms with Crippen LogP contribution in [0.25, 0.3) is 5.52 Å². The number of carbonyl (C=O) groups is 1. The predicted octanol–water partition coefficient (Wildman–Crippen LogP) is 1.05. The number of nitrogens with zero attached hydrogens (tertiary/aromatic N) is 2. The second-order valence-electron chi connectivity index (χ2n) is 3.27. The number of nitrogens with two attached hydrogens (primary N) is 1. The number of primary amides is 1. The first-order valence-electron chi connectivity index (χ1n) is 4.35. The Balaban J connectivity index is 2.93. The molecule has 72 valence electrons. The van der Waals surface area contributed by atoms with Crippen LogP contribution in [0, 0.1) is 13.8 Å². The standard InChI is InChI=1S/C10H11N3O/c1-6-4-3-5-8-7(2)12-10(9(11)14)13(6)8/h3-5H,1-2H3,(H2,11,14). The maximum absolute atomic E-state index is 11.1. The number of rotatable bonds is 1. The molecule has 0 bridgehead atoms. The largest absolute Gasteiger partial charge is 0.363 e. The average molecular weight is 189 g/mol. The van der Waals surface area contributed by atoms with Gasteiger partial charge in [0.1, 0.15) is 0 Å². The Morgan fingerprint density at radius 3 is 2.79 bits per heavy atom. The summed E-state index contributed by atoms with van der Waals surface area (Å²) in [4.78, 5) is 15.3. The monoisotopic (exact) mass is 189 g/mol. The molecule has 4 heteroatoms. The van der Waals surface area contributed by atoms with E-state index in [0.717, 1.165) is 16.9 Å². The maximum Gasteiger partial charge on any atom is 0.285 e. The number of carbonyl (C=O) groups excluding carboxylic acids is 1. The van der Waals surface area contributed by atoms with Gasteiger partial charge in [0.05, 0.1) is 11.2 Å². The number of hydrogen-bond acceptors (Lipinski definition) is 2. The minimum atomic E-state index is -0.498. The lowest BCUT2D eigenvalue weighted by molar-refractivity contribution is 0.0989. The lowest BCUT2D eigenvalue weighted by Crippen LogP contribution is -2.16. The van der Waals surface area contributed by atoms with E-state index in [2.05, 4.69) is 4.98 Å². The summed E-state index contributed by atoms with van der Waals surface area (Å²) in [5.41, 5.74) is 7.95. The minimum absolute atomic E-state index is 0.301. The second kappa shape index (κ2) is 2.83. The molecule has 14 heavy (non-hydrogen) atoms. The van der Waals surface area contributed by atoms with Crippen LogP contribution in [0.3, 0.4) is 0 Å². The first kappa shape index (κ1) is 8.74. The van der Waals surface area contributed by atoms with Crippen LogP contribution in [0.2, 0.25) is 0 Å². The lowest BCUT2D eigenvalue weighted by Gasteiger charge is -2.01. The van der Waals surface area contributed by atoms with Gasteiger partial charge in [0, 0.05) is 5.69 Å². The highest BCUT2D eigenvalue weighted by Crippen LogP contribution is 2.14. The maximum atomic E-state index is 11.1. The lowest BCUT2D eigenvalue weighted by atomic mass is 10.3. The molecule has 0 fully saturated rings. The predicted molar refractivity (Wildman–Crippen MR) is 53.2 cm³/mol. The topological polar surface area (TPSA) is 60.4 Å². The van der Waals surface area contributed by atoms with Crippen molar-refractivity contribution >= 4 is 11.4 Å². The summed E-state index contributed by atoms with van der Waals surface area (Å²) in [6.07, 6.45) is 0. The Morgan fingerprint density at radius 1 is 1.43 bits per heavy atom. The third-order valence-electron chi connectivity index (χ3n) is 2.26. The van der Waals surface area contributed by atoms with Crippen LogP contribution in [-0.4, -0.2) is 15.3 Å². The molecule has 0 aliphatic heterocycles. The van der Waals surface area contributed by atoms with Gasteiger partial charge in [0.15, 0.2) is 0 Å². The molecule has 2 aromatic heterocycles. The Labute approximate surface area is 81.4 Å². The van der Waals surface area contributed by atoms with Crippen molar-refractivity contribution in [2.75, 3.05) is 0 Å². The van der Waals surface area contributed by atoms with Gasteiger partial charge in [-0.3, -0.25) is 9.20 Å². The number of amides is 1. The van der Waals surface area contributed by atoms with Gasteiger partial charge in [-0.25, -0.2) is 4.98 Å². The van der Waals surface area contributed by atoms with Gasteiger partial charge in [-0.15, -0.1) is 0 Å². The number of fused-ring (bicyclic) bond motifs is 1. The van der Waals surface area contributed by atoms with E-state index in [-0.39, 0.29) is 0 Å². The van der Waals surface area contributed by atoms with Crippen molar-refractivity contribution in [1.29, 1.82) is 0 Å². The van der Waals surface area contributed by atoms with Crippen molar-refractivity contribution in [3.05, 3.63) is 35.4 Å². The molecule has 0 aliphatic carbocycles. The molecule has 0 atom stereocenters. The molecule has 0 saturated carbocycles. The van der Waals surface area contributed by atoms with E-state index in [4.69, 9.17) is 5.73 Å². The van der Waals surface area contributed by atoms with E-state index in [9.17, 15) is 4.79 Å². The van der Waals surface area contributed by atoms with Gasteiger partial charge in [0.2, 0.25) is 5.82 Å². The highest BCUT2D eigenvalue weighted by Gasteiger charge is 2.13. The van der Waals surface area contributed by atoms with E-state index in [1.807, 2.05) is 32.0 Å². The average Bonchev–Trinajstić information content (AvgIpc) is 2.46. The number of aryl methyl sites for hydroxylation is 2. The van der Waals surface area contributed by atoms with Gasteiger partial charge in [-0.05, 0) is 26.0 Å². The van der Waals surface area contributed by atoms with Crippen molar-refractivity contribution in [3.8, 4) is 0 Å². The zero-order chi connectivity index (χ0) is 10.3. The van der Waals surface area contributed by atoms with Crippen LogP contribution >= 0.6 is 0 Å². The molecule has 2 heterocycles. The van der Waals surface area contributed by atoms with Crippen LogP contribution in [0.4, 0.5) is 0 Å². The quantitative estimate of drug-likeness (QED) is 0.728. The van der Waals surface area contributed by atoms with Crippen molar-refractivity contribution < 1.29 is 4.79 Å². The van der Waals surface area contributed by atoms with Gasteiger partial charge >= 0.3 is 0 Å². The Bertz CT molecular complexity index is 513. The van der Waals surface area contributed by atoms with Crippen LogP contribution < -0.4 is 5.73 Å². The third-order valence-corrected chi connectivity index (χ3v) is 2.26. The fraction of sp³-hybridized carbons (Fsp3) is 0.200. The SMILES string of the molecule is Cc1nc(C(N)=O)n2c(C)cccc12. The van der Waals surface area contributed by atoms with E-state index >= 15 is 0 Å². The molecule has 0 radical (unpaired) electrons. The Kier molecular flexibility index (Phi) is 1.77. The molecule has 2 rings (SSSR count). The van der Waals surface area contributed by atoms with E-state index in [1.54, 1.807) is 4.40 Å². The summed E-state index contributed by atoms with van der Waals surface area (Å²) in [5.74, 6) is -0.196. The molecule has 0 unspecified atom stereocenters. The second-order valence-corrected chi connectivity index (χ2v) is 3.27. The number of hydrogen-bond donors (Lipinski definition) is 1. The molecule has 0 aromatic carbocycles. The summed E-state index contributed by atoms with van der Waals surface area (Å²) in [6.45, 7) is 3.78. The van der Waals surface area contributed by atoms with Gasteiger partial charge in [-0.2, -0.15) is 0 Å². The highest BCUT2D eigenvalue weighted by molar-refractivity contribution is 5.90. The van der Waals surface area contributed by atoms with Gasteiger partial charge < -0.3 is 5.73 Å². The van der Waals surface area contributed by atoms with Gasteiger partial charge in [-0.1, -0.05) is 6.07 Å². The highest BCUT2D eigenvalue weighted by atomic mass is 16.1. The molecule has 2 N–H and O–H groups in total. The Morgan fingerprint density at radius 2 is 2.14 bits per heavy atom. The summed E-state index contributed by atoms with van der Waals surface area (Å²) in [5, 5.41) is 0. The number of pyridine rings is 1. The summed E-state index contributed by atoms with van der Waals surface area (Å²) < 4.78 is 1.78. The molecular formula is C10H11N3O. The third kappa shape index (κ3) is 1.08. The molecule has 0 spiro atoms. The summed E-state index contributed by atoms with van der Waals surface area (Å²) in [6, 6.07) is 5.77. The fourth-order valence-electron chi connectivity index (χ4n) is 1.61. The van der Waals surface area contributed by atoms with E-state index < -0.39 is 5.91 Å². The first-order chi connectivity index (χ1) is 6.61. The van der Waals surface area contributed by atoms with Crippen LogP contribution in [0.15, 0.2) is 18.2 Å². The zero-order valence-electron chi connectivity index (χ0n) is 8.11. The number of imidazole rings is 1. The molecule has 4 nitrogen and oxygen atoms in total. The molecular weight excluding hydrogens is 178 g/mol. The Hall–Kier alpha value is -1.84. The molecule has 2 aromatic rings. The van der Waals surface area contributed by atoms with Gasteiger partial charge in [0.25, 0.3) is 5.91 Å². The summed E-state index contributed by atoms with van der Waals surface area (Å²) in [7, 11) is 0. The van der Waals surface area contributed by atoms with E-state index in [0.29, 0.717) is 5.82 Å². The van der Waals surface area contributed by atoms with Crippen molar-refractivity contribution in [3.63, 3.8) is 0 Å². The molecule has 1 amide bonds. The number of aromatic nitrogens is 2. The van der Waals surface area contributed by atoms with Crippen molar-refractivity contribution in [2.24, 2.45) is 5.73 Å². The van der Waals surface area contributed by atoms with Crippen LogP contribution in [0.5, 0.6) is 0 Å². The molecule has 0 aliphatic rings. The van der Waals surface area contributed by atoms with Crippen molar-refractivity contribution in [1.82, 2.24) is 9.38 Å². The summed E-state index contributed by atoms with van der Waals surface area (Å²) >= 11 is 0. The van der Waals surface area contributed by atoms with Crippen LogP contribution in [0.1, 0.15) is 22.0 Å². The van der Waals surface area contributed by atoms with E-state index in [1.165, 1.54) is 0 Å². The minimum Gasteiger partial charge on any atom is -0.363 e. The molecule has 0 saturated heterocycles. The fourth-order valence-corrected chi connectivity index (χ4v) is 1.61. The first-order valence-corrected chi connectivity index (χ1v) is 4.35. The normalized spacial score (nSPS) is 10.7. The smallest absolute Gasteiger partial charge is 0.285 e.